The Hall–Kier alpha value is -1.83. The molecule has 8 heteroatoms. The zero-order valence-corrected chi connectivity index (χ0v) is 10.9. The van der Waals surface area contributed by atoms with Crippen LogP contribution in [0.4, 0.5) is 18.9 Å². The van der Waals surface area contributed by atoms with E-state index in [0.29, 0.717) is 5.39 Å². The Morgan fingerprint density at radius 2 is 2.00 bits per heavy atom. The maximum Gasteiger partial charge on any atom is 0.433 e. The van der Waals surface area contributed by atoms with Crippen LogP contribution in [0.15, 0.2) is 12.1 Å². The number of carbonyl (C=O) groups excluding carboxylic acids is 1. The molecule has 0 aliphatic rings. The lowest BCUT2D eigenvalue weighted by molar-refractivity contribution is -0.140. The van der Waals surface area contributed by atoms with Gasteiger partial charge in [0.2, 0.25) is 0 Å². The summed E-state index contributed by atoms with van der Waals surface area (Å²) < 4.78 is 37.6. The number of rotatable bonds is 1. The van der Waals surface area contributed by atoms with Crippen molar-refractivity contribution in [1.82, 2.24) is 9.88 Å². The Morgan fingerprint density at radius 3 is 2.53 bits per heavy atom. The van der Waals surface area contributed by atoms with E-state index >= 15 is 0 Å². The normalized spacial score (nSPS) is 11.8. The van der Waals surface area contributed by atoms with Gasteiger partial charge in [0.1, 0.15) is 15.4 Å². The van der Waals surface area contributed by atoms with Crippen LogP contribution in [-0.4, -0.2) is 29.9 Å². The molecule has 2 aromatic heterocycles. The highest BCUT2D eigenvalue weighted by Gasteiger charge is 2.33. The summed E-state index contributed by atoms with van der Waals surface area (Å²) in [5.74, 6) is -0.353. The van der Waals surface area contributed by atoms with Gasteiger partial charge in [-0.3, -0.25) is 4.79 Å². The first-order valence-electron chi connectivity index (χ1n) is 5.19. The first-order chi connectivity index (χ1) is 8.71. The number of halogens is 3. The Labute approximate surface area is 110 Å². The molecule has 0 aliphatic carbocycles. The largest absolute Gasteiger partial charge is 0.433 e. The molecule has 19 heavy (non-hydrogen) atoms. The number of nitrogen functional groups attached to an aromatic ring is 1. The number of carbonyl (C=O) groups is 1. The van der Waals surface area contributed by atoms with Gasteiger partial charge in [0, 0.05) is 19.5 Å². The fraction of sp³-hybridized carbons (Fsp3) is 0.273. The van der Waals surface area contributed by atoms with Crippen molar-refractivity contribution in [2.24, 2.45) is 0 Å². The van der Waals surface area contributed by atoms with Crippen LogP contribution in [0.3, 0.4) is 0 Å². The maximum absolute atomic E-state index is 12.5. The van der Waals surface area contributed by atoms with Gasteiger partial charge in [-0.25, -0.2) is 4.98 Å². The van der Waals surface area contributed by atoms with Crippen LogP contribution in [0.2, 0.25) is 0 Å². The standard InChI is InChI=1S/C11H10F3N3OS/c1-17(2)10(18)8-7(15)5-3-4-6(11(12,13)14)16-9(5)19-8/h3-4H,15H2,1-2H3. The maximum atomic E-state index is 12.5. The number of hydrogen-bond donors (Lipinski definition) is 1. The monoisotopic (exact) mass is 289 g/mol. The summed E-state index contributed by atoms with van der Waals surface area (Å²) in [5, 5.41) is 0.364. The van der Waals surface area contributed by atoms with Crippen LogP contribution in [0.5, 0.6) is 0 Å². The molecule has 4 nitrogen and oxygen atoms in total. The van der Waals surface area contributed by atoms with E-state index < -0.39 is 11.9 Å². The molecular weight excluding hydrogens is 279 g/mol. The van der Waals surface area contributed by atoms with Crippen LogP contribution < -0.4 is 5.73 Å². The van der Waals surface area contributed by atoms with Gasteiger partial charge in [-0.2, -0.15) is 13.2 Å². The third-order valence-electron chi connectivity index (χ3n) is 2.48. The van der Waals surface area contributed by atoms with Crippen molar-refractivity contribution in [2.45, 2.75) is 6.18 Å². The van der Waals surface area contributed by atoms with Gasteiger partial charge in [-0.1, -0.05) is 0 Å². The van der Waals surface area contributed by atoms with Crippen LogP contribution in [0, 0.1) is 0 Å². The number of aromatic nitrogens is 1. The summed E-state index contributed by atoms with van der Waals surface area (Å²) in [7, 11) is 3.08. The predicted octanol–water partition coefficient (Wildman–Crippen LogP) is 2.60. The van der Waals surface area contributed by atoms with E-state index in [2.05, 4.69) is 4.98 Å². The lowest BCUT2D eigenvalue weighted by atomic mass is 10.2. The van der Waals surface area contributed by atoms with Gasteiger partial charge >= 0.3 is 6.18 Å². The molecular formula is C11H10F3N3OS. The molecule has 2 aromatic rings. The second kappa shape index (κ2) is 4.37. The molecule has 0 saturated carbocycles. The zero-order chi connectivity index (χ0) is 14.4. The highest BCUT2D eigenvalue weighted by molar-refractivity contribution is 7.21. The molecule has 2 rings (SSSR count). The van der Waals surface area contributed by atoms with Gasteiger partial charge in [0.05, 0.1) is 5.69 Å². The lowest BCUT2D eigenvalue weighted by Gasteiger charge is -2.08. The number of thiophene rings is 1. The molecule has 102 valence electrons. The third kappa shape index (κ3) is 2.35. The fourth-order valence-corrected chi connectivity index (χ4v) is 2.63. The van der Waals surface area contributed by atoms with E-state index in [9.17, 15) is 18.0 Å². The SMILES string of the molecule is CN(C)C(=O)c1sc2nc(C(F)(F)F)ccc2c1N. The minimum atomic E-state index is -4.52. The number of nitrogens with two attached hydrogens (primary N) is 1. The summed E-state index contributed by atoms with van der Waals surface area (Å²) >= 11 is 0.863. The molecule has 0 spiro atoms. The Kier molecular flexibility index (Phi) is 3.13. The second-order valence-electron chi connectivity index (χ2n) is 4.09. The van der Waals surface area contributed by atoms with Gasteiger partial charge < -0.3 is 10.6 Å². The van der Waals surface area contributed by atoms with Crippen molar-refractivity contribution in [1.29, 1.82) is 0 Å². The molecule has 0 fully saturated rings. The summed E-state index contributed by atoms with van der Waals surface area (Å²) in [5.41, 5.74) is 4.95. The Morgan fingerprint density at radius 1 is 1.37 bits per heavy atom. The number of hydrogen-bond acceptors (Lipinski definition) is 4. The molecule has 2 N–H and O–H groups in total. The number of anilines is 1. The topological polar surface area (TPSA) is 59.2 Å². The van der Waals surface area contributed by atoms with Crippen LogP contribution in [0.1, 0.15) is 15.4 Å². The summed E-state index contributed by atoms with van der Waals surface area (Å²) in [6.07, 6.45) is -4.52. The van der Waals surface area contributed by atoms with Crippen molar-refractivity contribution >= 4 is 33.1 Å². The minimum absolute atomic E-state index is 0.109. The van der Waals surface area contributed by atoms with E-state index in [-0.39, 0.29) is 21.3 Å². The quantitative estimate of drug-likeness (QED) is 0.878. The molecule has 0 saturated heterocycles. The van der Waals surface area contributed by atoms with Crippen molar-refractivity contribution in [2.75, 3.05) is 19.8 Å². The fourth-order valence-electron chi connectivity index (χ4n) is 1.52. The number of amides is 1. The Balaban J connectivity index is 2.61. The van der Waals surface area contributed by atoms with E-state index in [1.54, 1.807) is 14.1 Å². The molecule has 0 radical (unpaired) electrons. The van der Waals surface area contributed by atoms with Crippen LogP contribution in [-0.2, 0) is 6.18 Å². The van der Waals surface area contributed by atoms with Crippen molar-refractivity contribution in [3.63, 3.8) is 0 Å². The van der Waals surface area contributed by atoms with Crippen molar-refractivity contribution in [3.8, 4) is 0 Å². The number of pyridine rings is 1. The van der Waals surface area contributed by atoms with Crippen LogP contribution >= 0.6 is 11.3 Å². The number of nitrogens with zero attached hydrogens (tertiary/aromatic N) is 2. The van der Waals surface area contributed by atoms with Crippen molar-refractivity contribution < 1.29 is 18.0 Å². The summed E-state index contributed by atoms with van der Waals surface area (Å²) in [6.45, 7) is 0. The third-order valence-corrected chi connectivity index (χ3v) is 3.59. The number of alkyl halides is 3. The van der Waals surface area contributed by atoms with Crippen molar-refractivity contribution in [3.05, 3.63) is 22.7 Å². The van der Waals surface area contributed by atoms with Gasteiger partial charge in [0.25, 0.3) is 5.91 Å². The minimum Gasteiger partial charge on any atom is -0.397 e. The first-order valence-corrected chi connectivity index (χ1v) is 6.01. The summed E-state index contributed by atoms with van der Waals surface area (Å²) in [6, 6.07) is 2.10. The Bertz CT molecular complexity index is 648. The molecule has 0 aromatic carbocycles. The van der Waals surface area contributed by atoms with E-state index in [1.807, 2.05) is 0 Å². The molecule has 1 amide bonds. The second-order valence-corrected chi connectivity index (χ2v) is 5.09. The van der Waals surface area contributed by atoms with E-state index in [1.165, 1.54) is 11.0 Å². The van der Waals surface area contributed by atoms with E-state index in [4.69, 9.17) is 5.73 Å². The first kappa shape index (κ1) is 13.6. The molecule has 0 bridgehead atoms. The van der Waals surface area contributed by atoms with Gasteiger partial charge in [-0.15, -0.1) is 11.3 Å². The predicted molar refractivity (Wildman–Crippen MR) is 67.1 cm³/mol. The molecule has 0 unspecified atom stereocenters. The smallest absolute Gasteiger partial charge is 0.397 e. The van der Waals surface area contributed by atoms with Crippen LogP contribution in [0.25, 0.3) is 10.2 Å². The highest BCUT2D eigenvalue weighted by Crippen LogP contribution is 2.36. The summed E-state index contributed by atoms with van der Waals surface area (Å²) in [4.78, 5) is 17.0. The molecule has 0 aliphatic heterocycles. The highest BCUT2D eigenvalue weighted by atomic mass is 32.1. The molecule has 0 atom stereocenters. The zero-order valence-electron chi connectivity index (χ0n) is 10.1. The number of fused-ring (bicyclic) bond motifs is 1. The van der Waals surface area contributed by atoms with Gasteiger partial charge in [-0.05, 0) is 12.1 Å². The lowest BCUT2D eigenvalue weighted by Crippen LogP contribution is -2.21. The average molecular weight is 289 g/mol. The van der Waals surface area contributed by atoms with E-state index in [0.717, 1.165) is 17.4 Å². The van der Waals surface area contributed by atoms with Gasteiger partial charge in [0.15, 0.2) is 0 Å². The average Bonchev–Trinajstić information content (AvgIpc) is 2.64. The molecule has 2 heterocycles.